The smallest absolute Gasteiger partial charge is 0.416 e. The maximum Gasteiger partial charge on any atom is 0.416 e. The Labute approximate surface area is 238 Å². The summed E-state index contributed by atoms with van der Waals surface area (Å²) in [6, 6.07) is 6.78. The highest BCUT2D eigenvalue weighted by molar-refractivity contribution is 6.06. The van der Waals surface area contributed by atoms with Gasteiger partial charge in [-0.3, -0.25) is 14.5 Å². The maximum atomic E-state index is 13.8. The van der Waals surface area contributed by atoms with E-state index in [2.05, 4.69) is 21.0 Å². The second kappa shape index (κ2) is 12.2. The number of nitrogens with zero attached hydrogens (tertiary/aromatic N) is 3. The first-order chi connectivity index (χ1) is 19.1. The number of anilines is 2. The fourth-order valence-corrected chi connectivity index (χ4v) is 4.14. The number of methoxy groups -OCH3 is 1. The van der Waals surface area contributed by atoms with E-state index in [1.807, 2.05) is 41.7 Å². The summed E-state index contributed by atoms with van der Waals surface area (Å²) in [5.74, 6) is 5.92. The number of carbonyl (C=O) groups excluding carboxylic acids is 1. The van der Waals surface area contributed by atoms with Crippen LogP contribution in [0.15, 0.2) is 42.7 Å². The van der Waals surface area contributed by atoms with E-state index in [1.165, 1.54) is 12.1 Å². The third kappa shape index (κ3) is 7.59. The fraction of sp³-hybridized carbons (Fsp3) is 0.379. The molecule has 0 atom stereocenters. The first-order valence-corrected chi connectivity index (χ1v) is 12.9. The zero-order valence-electron chi connectivity index (χ0n) is 24.6. The van der Waals surface area contributed by atoms with Gasteiger partial charge in [0.15, 0.2) is 0 Å². The highest BCUT2D eigenvalue weighted by atomic mass is 19.4. The number of carbonyl (C=O) groups is 1. The first-order valence-electron chi connectivity index (χ1n) is 12.9. The molecule has 12 heteroatoms. The summed E-state index contributed by atoms with van der Waals surface area (Å²) < 4.78 is 48.5. The summed E-state index contributed by atoms with van der Waals surface area (Å²) in [6.07, 6.45) is -1.22. The SMILES string of the molecule is CN/C(=C\N(N)c1cc(C(=O)Nc2cc(C(F)(F)F)cc(CNC(C)(C)C)c2OC)ccc1C)c1cnn(C)c1C. The summed E-state index contributed by atoms with van der Waals surface area (Å²) >= 11 is 0. The maximum absolute atomic E-state index is 13.8. The summed E-state index contributed by atoms with van der Waals surface area (Å²) in [7, 11) is 4.95. The van der Waals surface area contributed by atoms with E-state index in [0.717, 1.165) is 29.0 Å². The number of hydrogen-bond acceptors (Lipinski definition) is 7. The Morgan fingerprint density at radius 3 is 2.39 bits per heavy atom. The van der Waals surface area contributed by atoms with Crippen LogP contribution in [0.2, 0.25) is 0 Å². The second-order valence-electron chi connectivity index (χ2n) is 10.7. The summed E-state index contributed by atoms with van der Waals surface area (Å²) in [4.78, 5) is 13.3. The molecule has 0 fully saturated rings. The van der Waals surface area contributed by atoms with Crippen LogP contribution < -0.4 is 31.5 Å². The van der Waals surface area contributed by atoms with Crippen LogP contribution in [0, 0.1) is 13.8 Å². The molecule has 2 aromatic carbocycles. The summed E-state index contributed by atoms with van der Waals surface area (Å²) in [6.45, 7) is 9.57. The Hall–Kier alpha value is -4.03. The van der Waals surface area contributed by atoms with Crippen LogP contribution in [0.25, 0.3) is 5.70 Å². The van der Waals surface area contributed by atoms with E-state index in [0.29, 0.717) is 11.4 Å². The Morgan fingerprint density at radius 1 is 1.17 bits per heavy atom. The van der Waals surface area contributed by atoms with Crippen LogP contribution in [-0.4, -0.2) is 35.4 Å². The van der Waals surface area contributed by atoms with Crippen LogP contribution in [0.1, 0.15) is 59.1 Å². The second-order valence-corrected chi connectivity index (χ2v) is 10.7. The molecule has 0 aliphatic carbocycles. The Balaban J connectivity index is 1.98. The molecule has 3 aromatic rings. The topological polar surface area (TPSA) is 109 Å². The molecule has 0 saturated heterocycles. The summed E-state index contributed by atoms with van der Waals surface area (Å²) in [5.41, 5.74) is 2.92. The average Bonchev–Trinajstić information content (AvgIpc) is 3.22. The number of benzene rings is 2. The first kappa shape index (κ1) is 31.5. The third-order valence-electron chi connectivity index (χ3n) is 6.57. The van der Waals surface area contributed by atoms with Gasteiger partial charge in [-0.15, -0.1) is 0 Å². The van der Waals surface area contributed by atoms with Gasteiger partial charge in [-0.25, -0.2) is 5.84 Å². The van der Waals surface area contributed by atoms with Gasteiger partial charge < -0.3 is 20.7 Å². The monoisotopic (exact) mass is 573 g/mol. The molecule has 0 spiro atoms. The zero-order chi connectivity index (χ0) is 30.7. The third-order valence-corrected chi connectivity index (χ3v) is 6.57. The van der Waals surface area contributed by atoms with Gasteiger partial charge in [0.25, 0.3) is 5.91 Å². The van der Waals surface area contributed by atoms with Crippen molar-refractivity contribution in [3.8, 4) is 5.75 Å². The van der Waals surface area contributed by atoms with Gasteiger partial charge in [-0.1, -0.05) is 6.07 Å². The molecule has 0 unspecified atom stereocenters. The van der Waals surface area contributed by atoms with Crippen molar-refractivity contribution in [2.45, 2.75) is 52.9 Å². The molecular weight excluding hydrogens is 535 g/mol. The molecule has 0 radical (unpaired) electrons. The molecule has 0 aliphatic heterocycles. The molecule has 9 nitrogen and oxygen atoms in total. The van der Waals surface area contributed by atoms with Gasteiger partial charge >= 0.3 is 6.18 Å². The van der Waals surface area contributed by atoms with Crippen LogP contribution >= 0.6 is 0 Å². The van der Waals surface area contributed by atoms with Crippen molar-refractivity contribution in [1.29, 1.82) is 0 Å². The van der Waals surface area contributed by atoms with Gasteiger partial charge in [0.2, 0.25) is 0 Å². The molecule has 3 rings (SSSR count). The van der Waals surface area contributed by atoms with Crippen molar-refractivity contribution in [1.82, 2.24) is 20.4 Å². The zero-order valence-corrected chi connectivity index (χ0v) is 24.6. The minimum atomic E-state index is -4.62. The number of nitrogens with two attached hydrogens (primary N) is 1. The van der Waals surface area contributed by atoms with E-state index >= 15 is 0 Å². The minimum Gasteiger partial charge on any atom is -0.494 e. The number of hydrogen-bond donors (Lipinski definition) is 4. The lowest BCUT2D eigenvalue weighted by molar-refractivity contribution is -0.137. The molecule has 1 aromatic heterocycles. The number of alkyl halides is 3. The molecule has 0 saturated carbocycles. The molecule has 0 bridgehead atoms. The number of aryl methyl sites for hydroxylation is 2. The number of rotatable bonds is 9. The number of aromatic nitrogens is 2. The van der Waals surface area contributed by atoms with E-state index in [-0.39, 0.29) is 34.6 Å². The predicted molar refractivity (Wildman–Crippen MR) is 155 cm³/mol. The summed E-state index contributed by atoms with van der Waals surface area (Å²) in [5, 5.41) is 14.5. The van der Waals surface area contributed by atoms with Crippen LogP contribution in [0.3, 0.4) is 0 Å². The molecule has 1 amide bonds. The molecule has 222 valence electrons. The standard InChI is InChI=1S/C29H38F3N7O2/c1-17-9-10-19(12-25(17)39(33)16-24(34-6)22-15-36-38(7)18(22)2)27(40)37-23-13-21(29(30,31)32)11-20(26(23)41-8)14-35-28(3,4)5/h9-13,15-16,34-35H,14,33H2,1-8H3,(H,37,40)/b24-16-. The van der Waals surface area contributed by atoms with Gasteiger partial charge in [0, 0.05) is 54.8 Å². The number of ether oxygens (including phenoxy) is 1. The quantitative estimate of drug-likeness (QED) is 0.208. The van der Waals surface area contributed by atoms with Crippen LogP contribution in [-0.2, 0) is 19.8 Å². The normalized spacial score (nSPS) is 12.3. The lowest BCUT2D eigenvalue weighted by Gasteiger charge is -2.23. The van der Waals surface area contributed by atoms with E-state index < -0.39 is 17.6 Å². The average molecular weight is 574 g/mol. The van der Waals surface area contributed by atoms with Gasteiger partial charge in [-0.2, -0.15) is 18.3 Å². The number of halogens is 3. The largest absolute Gasteiger partial charge is 0.494 e. The van der Waals surface area contributed by atoms with Crippen molar-refractivity contribution >= 4 is 23.0 Å². The highest BCUT2D eigenvalue weighted by Gasteiger charge is 2.33. The lowest BCUT2D eigenvalue weighted by atomic mass is 10.0. The van der Waals surface area contributed by atoms with Gasteiger partial charge in [0.1, 0.15) is 5.75 Å². The Kier molecular flexibility index (Phi) is 9.40. The molecule has 1 heterocycles. The molecular formula is C29H38F3N7O2. The van der Waals surface area contributed by atoms with Crippen molar-refractivity contribution in [3.63, 3.8) is 0 Å². The lowest BCUT2D eigenvalue weighted by Crippen LogP contribution is -2.35. The van der Waals surface area contributed by atoms with Crippen molar-refractivity contribution in [3.05, 3.63) is 76.2 Å². The fourth-order valence-electron chi connectivity index (χ4n) is 4.14. The van der Waals surface area contributed by atoms with Crippen LogP contribution in [0.4, 0.5) is 24.5 Å². The number of nitrogens with one attached hydrogen (secondary N) is 3. The van der Waals surface area contributed by atoms with Crippen molar-refractivity contribution < 1.29 is 22.7 Å². The number of amides is 1. The molecule has 0 aliphatic rings. The Morgan fingerprint density at radius 2 is 1.85 bits per heavy atom. The van der Waals surface area contributed by atoms with Crippen molar-refractivity contribution in [2.24, 2.45) is 12.9 Å². The van der Waals surface area contributed by atoms with E-state index in [1.54, 1.807) is 42.3 Å². The molecule has 41 heavy (non-hydrogen) atoms. The number of hydrazine groups is 1. The van der Waals surface area contributed by atoms with Gasteiger partial charge in [-0.05, 0) is 64.4 Å². The van der Waals surface area contributed by atoms with Crippen LogP contribution in [0.5, 0.6) is 5.75 Å². The highest BCUT2D eigenvalue weighted by Crippen LogP contribution is 2.38. The predicted octanol–water partition coefficient (Wildman–Crippen LogP) is 5.10. The van der Waals surface area contributed by atoms with E-state index in [4.69, 9.17) is 10.6 Å². The Bertz CT molecular complexity index is 1440. The van der Waals surface area contributed by atoms with E-state index in [9.17, 15) is 18.0 Å². The van der Waals surface area contributed by atoms with Gasteiger partial charge in [0.05, 0.1) is 35.9 Å². The minimum absolute atomic E-state index is 0.0887. The molecule has 5 N–H and O–H groups in total. The van der Waals surface area contributed by atoms with Crippen molar-refractivity contribution in [2.75, 3.05) is 24.5 Å².